The fourth-order valence-electron chi connectivity index (χ4n) is 2.17. The number of unbranched alkanes of at least 4 members (excludes halogenated alkanes) is 1. The van der Waals surface area contributed by atoms with Gasteiger partial charge in [0.25, 0.3) is 0 Å². The molecule has 3 rings (SSSR count). The second-order valence-corrected chi connectivity index (χ2v) is 5.79. The molecule has 3 heterocycles. The van der Waals surface area contributed by atoms with Gasteiger partial charge in [-0.25, -0.2) is 4.98 Å². The van der Waals surface area contributed by atoms with Crippen LogP contribution in [0, 0.1) is 0 Å². The largest absolute Gasteiger partial charge is 0.346 e. The summed E-state index contributed by atoms with van der Waals surface area (Å²) in [6.07, 6.45) is 10.6. The minimum atomic E-state index is 0.792. The minimum absolute atomic E-state index is 0.792. The van der Waals surface area contributed by atoms with E-state index >= 15 is 0 Å². The van der Waals surface area contributed by atoms with Crippen LogP contribution in [0.1, 0.15) is 25.3 Å². The first-order chi connectivity index (χ1) is 9.38. The Kier molecular flexibility index (Phi) is 3.69. The maximum atomic E-state index is 4.50. The van der Waals surface area contributed by atoms with Crippen LogP contribution in [0.25, 0.3) is 16.6 Å². The molecule has 0 radical (unpaired) electrons. The Balaban J connectivity index is 1.92. The van der Waals surface area contributed by atoms with Crippen LogP contribution in [-0.4, -0.2) is 28.5 Å². The third-order valence-electron chi connectivity index (χ3n) is 3.23. The number of aliphatic imine (C=N–C) groups is 1. The zero-order valence-corrected chi connectivity index (χ0v) is 11.8. The van der Waals surface area contributed by atoms with Gasteiger partial charge in [-0.1, -0.05) is 19.4 Å². The summed E-state index contributed by atoms with van der Waals surface area (Å²) in [6, 6.07) is 2.24. The molecule has 0 amide bonds. The van der Waals surface area contributed by atoms with Crippen LogP contribution < -0.4 is 0 Å². The summed E-state index contributed by atoms with van der Waals surface area (Å²) >= 11 is 1.88. The van der Waals surface area contributed by atoms with E-state index in [9.17, 15) is 0 Å². The average Bonchev–Trinajstić information content (AvgIpc) is 3.07. The van der Waals surface area contributed by atoms with E-state index in [2.05, 4.69) is 34.0 Å². The first-order valence-electron chi connectivity index (χ1n) is 6.69. The lowest BCUT2D eigenvalue weighted by atomic mass is 10.1. The van der Waals surface area contributed by atoms with Gasteiger partial charge in [-0.05, 0) is 23.8 Å². The zero-order valence-electron chi connectivity index (χ0n) is 11.0. The van der Waals surface area contributed by atoms with E-state index < -0.39 is 0 Å². The van der Waals surface area contributed by atoms with Gasteiger partial charge < -0.3 is 4.98 Å². The van der Waals surface area contributed by atoms with Gasteiger partial charge in [0, 0.05) is 34.5 Å². The highest BCUT2D eigenvalue weighted by atomic mass is 32.2. The van der Waals surface area contributed by atoms with Crippen LogP contribution in [0.2, 0.25) is 0 Å². The molecule has 1 aliphatic rings. The highest BCUT2D eigenvalue weighted by Gasteiger charge is 2.10. The van der Waals surface area contributed by atoms with Crippen LogP contribution in [0.3, 0.4) is 0 Å². The van der Waals surface area contributed by atoms with Crippen LogP contribution in [-0.2, 0) is 0 Å². The van der Waals surface area contributed by atoms with Gasteiger partial charge in [-0.2, -0.15) is 0 Å². The maximum Gasteiger partial charge on any atom is 0.137 e. The van der Waals surface area contributed by atoms with Crippen molar-refractivity contribution in [1.29, 1.82) is 0 Å². The Labute approximate surface area is 117 Å². The molecule has 4 heteroatoms. The number of aromatic amines is 1. The predicted octanol–water partition coefficient (Wildman–Crippen LogP) is 3.92. The molecule has 0 saturated carbocycles. The number of H-pyrrole nitrogens is 1. The summed E-state index contributed by atoms with van der Waals surface area (Å²) in [7, 11) is 0. The molecular weight excluding hydrogens is 254 g/mol. The highest BCUT2D eigenvalue weighted by Crippen LogP contribution is 2.28. The summed E-state index contributed by atoms with van der Waals surface area (Å²) in [5.74, 6) is 1.16. The van der Waals surface area contributed by atoms with Gasteiger partial charge in [-0.3, -0.25) is 4.99 Å². The lowest BCUT2D eigenvalue weighted by Crippen LogP contribution is -1.84. The van der Waals surface area contributed by atoms with Crippen molar-refractivity contribution >= 4 is 34.6 Å². The van der Waals surface area contributed by atoms with E-state index in [1.807, 2.05) is 30.4 Å². The van der Waals surface area contributed by atoms with Gasteiger partial charge in [0.05, 0.1) is 6.54 Å². The molecule has 98 valence electrons. The number of nitrogens with one attached hydrogen (secondary N) is 1. The van der Waals surface area contributed by atoms with E-state index in [4.69, 9.17) is 0 Å². The molecule has 0 fully saturated rings. The molecule has 1 N–H and O–H groups in total. The van der Waals surface area contributed by atoms with Crippen LogP contribution in [0.15, 0.2) is 34.4 Å². The van der Waals surface area contributed by atoms with E-state index in [0.29, 0.717) is 0 Å². The normalized spacial score (nSPS) is 14.3. The lowest BCUT2D eigenvalue weighted by molar-refractivity contribution is 0.896. The van der Waals surface area contributed by atoms with Gasteiger partial charge >= 0.3 is 0 Å². The molecule has 0 aromatic carbocycles. The molecule has 2 aromatic rings. The highest BCUT2D eigenvalue weighted by molar-refractivity contribution is 7.99. The van der Waals surface area contributed by atoms with Gasteiger partial charge in [0.15, 0.2) is 0 Å². The van der Waals surface area contributed by atoms with Gasteiger partial charge in [0.1, 0.15) is 5.65 Å². The third-order valence-corrected chi connectivity index (χ3v) is 4.28. The molecule has 0 bridgehead atoms. The fourth-order valence-corrected chi connectivity index (χ4v) is 3.17. The van der Waals surface area contributed by atoms with E-state index in [1.165, 1.54) is 34.3 Å². The number of nitrogens with zero attached hydrogens (tertiary/aromatic N) is 2. The maximum absolute atomic E-state index is 4.50. The zero-order chi connectivity index (χ0) is 13.1. The number of rotatable bonds is 5. The van der Waals surface area contributed by atoms with E-state index in [-0.39, 0.29) is 0 Å². The summed E-state index contributed by atoms with van der Waals surface area (Å²) in [5, 5.41) is 1.20. The first-order valence-corrected chi connectivity index (χ1v) is 7.67. The number of hydrogen-bond donors (Lipinski definition) is 1. The molecule has 19 heavy (non-hydrogen) atoms. The third kappa shape index (κ3) is 2.59. The average molecular weight is 271 g/mol. The molecule has 0 aliphatic carbocycles. The van der Waals surface area contributed by atoms with Crippen molar-refractivity contribution < 1.29 is 0 Å². The fraction of sp³-hybridized carbons (Fsp3) is 0.333. The molecule has 0 atom stereocenters. The van der Waals surface area contributed by atoms with Crippen molar-refractivity contribution in [3.8, 4) is 0 Å². The van der Waals surface area contributed by atoms with Crippen molar-refractivity contribution in [2.24, 2.45) is 4.99 Å². The lowest BCUT2D eigenvalue weighted by Gasteiger charge is -2.02. The number of hydrogen-bond acceptors (Lipinski definition) is 3. The molecule has 1 aliphatic heterocycles. The topological polar surface area (TPSA) is 41.0 Å². The van der Waals surface area contributed by atoms with Crippen molar-refractivity contribution in [2.45, 2.75) is 24.7 Å². The summed E-state index contributed by atoms with van der Waals surface area (Å²) in [6.45, 7) is 3.01. The van der Waals surface area contributed by atoms with Crippen LogP contribution in [0.4, 0.5) is 0 Å². The molecule has 3 nitrogen and oxygen atoms in total. The number of allylic oxidation sites excluding steroid dienone is 1. The number of aromatic nitrogens is 2. The Morgan fingerprint density at radius 2 is 2.37 bits per heavy atom. The number of thioether (sulfide) groups is 1. The molecule has 0 spiro atoms. The van der Waals surface area contributed by atoms with Gasteiger partial charge in [-0.15, -0.1) is 11.8 Å². The molecular formula is C15H17N3S. The smallest absolute Gasteiger partial charge is 0.137 e. The van der Waals surface area contributed by atoms with Crippen LogP contribution >= 0.6 is 11.8 Å². The summed E-state index contributed by atoms with van der Waals surface area (Å²) in [4.78, 5) is 13.2. The SMILES string of the molecule is CCCCSc1cnc2[nH]cc(C3=CCN=C3)c2c1. The summed E-state index contributed by atoms with van der Waals surface area (Å²) < 4.78 is 0. The van der Waals surface area contributed by atoms with Crippen molar-refractivity contribution in [1.82, 2.24) is 9.97 Å². The monoisotopic (exact) mass is 271 g/mol. The van der Waals surface area contributed by atoms with E-state index in [1.54, 1.807) is 0 Å². The quantitative estimate of drug-likeness (QED) is 0.661. The second-order valence-electron chi connectivity index (χ2n) is 4.63. The Morgan fingerprint density at radius 3 is 3.16 bits per heavy atom. The summed E-state index contributed by atoms with van der Waals surface area (Å²) in [5.41, 5.74) is 3.36. The number of pyridine rings is 1. The Hall–Kier alpha value is -1.55. The molecule has 2 aromatic heterocycles. The second kappa shape index (κ2) is 5.61. The Bertz CT molecular complexity index is 640. The van der Waals surface area contributed by atoms with E-state index in [0.717, 1.165) is 17.9 Å². The molecule has 0 saturated heterocycles. The standard InChI is InChI=1S/C15H17N3S/c1-2-3-6-19-12-7-13-14(11-4-5-16-8-11)10-18-15(13)17-9-12/h4,7-10H,2-3,5-6H2,1H3,(H,17,18). The predicted molar refractivity (Wildman–Crippen MR) is 83.1 cm³/mol. The Morgan fingerprint density at radius 1 is 1.42 bits per heavy atom. The van der Waals surface area contributed by atoms with Crippen molar-refractivity contribution in [3.63, 3.8) is 0 Å². The molecule has 0 unspecified atom stereocenters. The van der Waals surface area contributed by atoms with Crippen LogP contribution in [0.5, 0.6) is 0 Å². The number of fused-ring (bicyclic) bond motifs is 1. The van der Waals surface area contributed by atoms with Crippen molar-refractivity contribution in [2.75, 3.05) is 12.3 Å². The minimum Gasteiger partial charge on any atom is -0.346 e. The van der Waals surface area contributed by atoms with Crippen molar-refractivity contribution in [3.05, 3.63) is 30.1 Å². The van der Waals surface area contributed by atoms with Gasteiger partial charge in [0.2, 0.25) is 0 Å². The first kappa shape index (κ1) is 12.5.